The first kappa shape index (κ1) is 20.8. The molecule has 7 nitrogen and oxygen atoms in total. The third kappa shape index (κ3) is 6.65. The van der Waals surface area contributed by atoms with Crippen molar-refractivity contribution in [2.75, 3.05) is 6.54 Å². The largest absolute Gasteiger partial charge is 0.372 e. The second-order valence-corrected chi connectivity index (χ2v) is 7.70. The number of hydrogen-bond donors (Lipinski definition) is 4. The fourth-order valence-electron chi connectivity index (χ4n) is 2.36. The van der Waals surface area contributed by atoms with Crippen LogP contribution in [-0.4, -0.2) is 32.4 Å². The highest BCUT2D eigenvalue weighted by molar-refractivity contribution is 8.17. The number of hydroxylamine groups is 1. The molecule has 0 saturated carbocycles. The molecule has 0 radical (unpaired) electrons. The van der Waals surface area contributed by atoms with Gasteiger partial charge in [0.25, 0.3) is 5.91 Å². The van der Waals surface area contributed by atoms with Gasteiger partial charge in [-0.25, -0.2) is 5.48 Å². The van der Waals surface area contributed by atoms with Crippen LogP contribution in [-0.2, 0) is 4.79 Å². The van der Waals surface area contributed by atoms with E-state index in [9.17, 15) is 14.7 Å². The van der Waals surface area contributed by atoms with E-state index in [0.29, 0.717) is 24.9 Å². The molecular weight excluding hydrogens is 374 g/mol. The van der Waals surface area contributed by atoms with E-state index in [1.807, 2.05) is 10.8 Å². The van der Waals surface area contributed by atoms with Crippen molar-refractivity contribution < 1.29 is 19.9 Å². The summed E-state index contributed by atoms with van der Waals surface area (Å²) in [4.78, 5) is 23.0. The quantitative estimate of drug-likeness (QED) is 0.208. The Morgan fingerprint density at radius 2 is 1.69 bits per heavy atom. The molecule has 0 bridgehead atoms. The number of unbranched alkanes of at least 4 members (excludes halogenated alkanes) is 3. The van der Waals surface area contributed by atoms with Gasteiger partial charge < -0.3 is 10.4 Å². The Bertz CT molecular complexity index is 617. The number of benzene rings is 1. The minimum atomic E-state index is -0.731. The lowest BCUT2D eigenvalue weighted by Gasteiger charge is -2.19. The van der Waals surface area contributed by atoms with E-state index in [1.54, 1.807) is 33.5 Å². The molecule has 0 aliphatic carbocycles. The summed E-state index contributed by atoms with van der Waals surface area (Å²) < 4.78 is 1.76. The predicted octanol–water partition coefficient (Wildman–Crippen LogP) is 2.95. The van der Waals surface area contributed by atoms with Crippen LogP contribution in [0.2, 0.25) is 0 Å². The molecule has 142 valence electrons. The van der Waals surface area contributed by atoms with Gasteiger partial charge in [0.05, 0.1) is 0 Å². The lowest BCUT2D eigenvalue weighted by Crippen LogP contribution is -2.24. The van der Waals surface area contributed by atoms with Crippen molar-refractivity contribution in [3.05, 3.63) is 46.2 Å². The normalized spacial score (nSPS) is 15.0. The Hall–Kier alpha value is -1.52. The van der Waals surface area contributed by atoms with E-state index in [0.717, 1.165) is 24.8 Å². The molecule has 1 aliphatic heterocycles. The zero-order valence-electron chi connectivity index (χ0n) is 14.3. The van der Waals surface area contributed by atoms with Crippen LogP contribution in [0.3, 0.4) is 0 Å². The van der Waals surface area contributed by atoms with Gasteiger partial charge in [0.2, 0.25) is 5.91 Å². The van der Waals surface area contributed by atoms with Crippen LogP contribution < -0.4 is 10.8 Å². The van der Waals surface area contributed by atoms with Crippen molar-refractivity contribution in [2.45, 2.75) is 38.3 Å². The first-order chi connectivity index (χ1) is 12.6. The van der Waals surface area contributed by atoms with E-state index < -0.39 is 6.23 Å². The van der Waals surface area contributed by atoms with E-state index in [4.69, 9.17) is 5.21 Å². The van der Waals surface area contributed by atoms with E-state index in [1.165, 1.54) is 23.9 Å². The van der Waals surface area contributed by atoms with Crippen molar-refractivity contribution in [2.24, 2.45) is 0 Å². The lowest BCUT2D eigenvalue weighted by atomic mass is 10.1. The van der Waals surface area contributed by atoms with Gasteiger partial charge in [-0.3, -0.25) is 14.8 Å². The summed E-state index contributed by atoms with van der Waals surface area (Å²) in [7, 11) is 0. The molecule has 1 aromatic carbocycles. The minimum absolute atomic E-state index is 0.141. The summed E-state index contributed by atoms with van der Waals surface area (Å²) in [6, 6.07) is 6.93. The molecule has 1 heterocycles. The maximum Gasteiger partial charge on any atom is 0.251 e. The number of aliphatic hydroxyl groups excluding tert-OH is 1. The molecule has 1 aliphatic rings. The fourth-order valence-corrected chi connectivity index (χ4v) is 3.97. The number of nitrogens with one attached hydrogen (secondary N) is 2. The van der Waals surface area contributed by atoms with Gasteiger partial charge in [0.1, 0.15) is 0 Å². The van der Waals surface area contributed by atoms with E-state index in [2.05, 4.69) is 5.32 Å². The van der Waals surface area contributed by atoms with Crippen molar-refractivity contribution in [1.82, 2.24) is 14.5 Å². The predicted molar refractivity (Wildman–Crippen MR) is 103 cm³/mol. The van der Waals surface area contributed by atoms with Crippen LogP contribution >= 0.6 is 23.9 Å². The lowest BCUT2D eigenvalue weighted by molar-refractivity contribution is -0.129. The van der Waals surface area contributed by atoms with E-state index in [-0.39, 0.29) is 11.8 Å². The number of amides is 2. The molecular formula is C17H23N3O4S2. The maximum absolute atomic E-state index is 12.1. The molecule has 4 N–H and O–H groups in total. The smallest absolute Gasteiger partial charge is 0.251 e. The van der Waals surface area contributed by atoms with Crippen molar-refractivity contribution in [3.63, 3.8) is 0 Å². The van der Waals surface area contributed by atoms with Gasteiger partial charge in [-0.1, -0.05) is 25.0 Å². The summed E-state index contributed by atoms with van der Waals surface area (Å²) in [5.41, 5.74) is 2.90. The molecule has 1 aromatic rings. The van der Waals surface area contributed by atoms with Crippen LogP contribution in [0.5, 0.6) is 0 Å². The van der Waals surface area contributed by atoms with Crippen molar-refractivity contribution in [1.29, 1.82) is 0 Å². The second kappa shape index (κ2) is 11.2. The number of carbonyl (C=O) groups is 2. The van der Waals surface area contributed by atoms with Crippen LogP contribution in [0.25, 0.3) is 0 Å². The highest BCUT2D eigenvalue weighted by Gasteiger charge is 2.20. The first-order valence-electron chi connectivity index (χ1n) is 8.39. The Morgan fingerprint density at radius 1 is 1.04 bits per heavy atom. The average Bonchev–Trinajstić information content (AvgIpc) is 3.21. The monoisotopic (exact) mass is 397 g/mol. The summed E-state index contributed by atoms with van der Waals surface area (Å²) in [5, 5.41) is 25.3. The van der Waals surface area contributed by atoms with Gasteiger partial charge in [-0.05, 0) is 65.2 Å². The van der Waals surface area contributed by atoms with Crippen LogP contribution in [0.1, 0.15) is 54.3 Å². The zero-order chi connectivity index (χ0) is 18.8. The molecule has 0 aromatic heterocycles. The molecule has 0 saturated heterocycles. The Balaban J connectivity index is 1.65. The Kier molecular flexibility index (Phi) is 8.99. The van der Waals surface area contributed by atoms with Crippen LogP contribution in [0, 0.1) is 0 Å². The Morgan fingerprint density at radius 3 is 2.35 bits per heavy atom. The topological polar surface area (TPSA) is 102 Å². The Labute approximate surface area is 161 Å². The molecule has 1 atom stereocenters. The number of hydrogen-bond acceptors (Lipinski definition) is 7. The summed E-state index contributed by atoms with van der Waals surface area (Å²) in [6.07, 6.45) is 2.91. The maximum atomic E-state index is 12.1. The third-order valence-electron chi connectivity index (χ3n) is 3.80. The van der Waals surface area contributed by atoms with Crippen molar-refractivity contribution in [3.8, 4) is 0 Å². The van der Waals surface area contributed by atoms with Gasteiger partial charge >= 0.3 is 0 Å². The minimum Gasteiger partial charge on any atom is -0.372 e. The summed E-state index contributed by atoms with van der Waals surface area (Å²) >= 11 is 2.86. The first-order valence-corrected chi connectivity index (χ1v) is 10.1. The number of carbonyl (C=O) groups excluding carboxylic acids is 2. The highest BCUT2D eigenvalue weighted by Crippen LogP contribution is 2.38. The number of rotatable bonds is 10. The molecule has 9 heteroatoms. The molecule has 0 fully saturated rings. The standard InChI is InChI=1S/C17H23N3O4S2/c21-15(19-24)5-3-1-2-4-10-18-16(22)13-6-8-14(9-7-13)17(23)20-25-11-12-26-20/h6-9,11-12,17,23-24H,1-5,10H2,(H,18,22)(H,19,21). The van der Waals surface area contributed by atoms with Crippen molar-refractivity contribution >= 4 is 35.7 Å². The summed E-state index contributed by atoms with van der Waals surface area (Å²) in [6.45, 7) is 0.572. The zero-order valence-corrected chi connectivity index (χ0v) is 15.9. The SMILES string of the molecule is O=C(CCCCCCNC(=O)c1ccc(C(O)N2SC=CS2)cc1)NO. The summed E-state index contributed by atoms with van der Waals surface area (Å²) in [5.74, 6) is -0.512. The number of nitrogens with zero attached hydrogens (tertiary/aromatic N) is 1. The molecule has 2 rings (SSSR count). The molecule has 0 spiro atoms. The highest BCUT2D eigenvalue weighted by atomic mass is 32.2. The van der Waals surface area contributed by atoms with Gasteiger partial charge in [-0.15, -0.1) is 0 Å². The van der Waals surface area contributed by atoms with Gasteiger partial charge in [0.15, 0.2) is 6.23 Å². The number of aliphatic hydroxyl groups is 1. The molecule has 2 amide bonds. The van der Waals surface area contributed by atoms with Gasteiger partial charge in [0, 0.05) is 18.5 Å². The second-order valence-electron chi connectivity index (χ2n) is 5.72. The van der Waals surface area contributed by atoms with Crippen LogP contribution in [0.15, 0.2) is 35.1 Å². The van der Waals surface area contributed by atoms with Gasteiger partial charge in [-0.2, -0.15) is 3.71 Å². The average molecular weight is 398 g/mol. The van der Waals surface area contributed by atoms with E-state index >= 15 is 0 Å². The molecule has 1 unspecified atom stereocenters. The fraction of sp³-hybridized carbons (Fsp3) is 0.412. The molecule has 26 heavy (non-hydrogen) atoms. The van der Waals surface area contributed by atoms with Crippen LogP contribution in [0.4, 0.5) is 0 Å². The third-order valence-corrected chi connectivity index (χ3v) is 5.82.